The molecular formula is C20H33ClN2O3. The number of carbonyl (C=O) groups excluding carboxylic acids is 1. The Morgan fingerprint density at radius 1 is 1.27 bits per heavy atom. The van der Waals surface area contributed by atoms with Crippen LogP contribution in [0, 0.1) is 12.3 Å². The second-order valence-corrected chi connectivity index (χ2v) is 7.97. The fourth-order valence-corrected chi connectivity index (χ4v) is 3.21. The van der Waals surface area contributed by atoms with Gasteiger partial charge in [0.25, 0.3) is 0 Å². The molecule has 1 aromatic rings. The normalized spacial score (nSPS) is 16.5. The van der Waals surface area contributed by atoms with Crippen molar-refractivity contribution in [2.24, 2.45) is 5.41 Å². The van der Waals surface area contributed by atoms with E-state index >= 15 is 0 Å². The van der Waals surface area contributed by atoms with Crippen molar-refractivity contribution in [1.82, 2.24) is 10.6 Å². The van der Waals surface area contributed by atoms with Gasteiger partial charge in [0.1, 0.15) is 11.4 Å². The maximum absolute atomic E-state index is 12.9. The number of rotatable bonds is 6. The van der Waals surface area contributed by atoms with Crippen LogP contribution in [0.5, 0.6) is 5.75 Å². The zero-order valence-electron chi connectivity index (χ0n) is 16.6. The zero-order chi connectivity index (χ0) is 18.5. The van der Waals surface area contributed by atoms with E-state index in [2.05, 4.69) is 10.6 Å². The van der Waals surface area contributed by atoms with Crippen molar-refractivity contribution in [3.05, 3.63) is 29.3 Å². The molecule has 0 aromatic heterocycles. The molecule has 0 atom stereocenters. The van der Waals surface area contributed by atoms with E-state index < -0.39 is 5.41 Å². The van der Waals surface area contributed by atoms with Crippen LogP contribution in [-0.2, 0) is 16.1 Å². The van der Waals surface area contributed by atoms with Gasteiger partial charge in [-0.3, -0.25) is 4.79 Å². The minimum Gasteiger partial charge on any atom is -0.488 e. The number of aryl methyl sites for hydroxylation is 1. The van der Waals surface area contributed by atoms with Crippen molar-refractivity contribution in [3.63, 3.8) is 0 Å². The summed E-state index contributed by atoms with van der Waals surface area (Å²) in [5.74, 6) is 0.900. The van der Waals surface area contributed by atoms with Crippen LogP contribution in [0.15, 0.2) is 18.2 Å². The maximum atomic E-state index is 12.9. The third-order valence-electron chi connectivity index (χ3n) is 4.54. The number of hydrogen-bond donors (Lipinski definition) is 2. The van der Waals surface area contributed by atoms with Crippen molar-refractivity contribution in [2.75, 3.05) is 26.8 Å². The second kappa shape index (κ2) is 9.58. The Hall–Kier alpha value is -1.30. The molecule has 6 heteroatoms. The summed E-state index contributed by atoms with van der Waals surface area (Å²) in [5.41, 5.74) is 1.42. The minimum atomic E-state index is -0.435. The van der Waals surface area contributed by atoms with Crippen LogP contribution < -0.4 is 15.4 Å². The highest BCUT2D eigenvalue weighted by Gasteiger charge is 2.39. The highest BCUT2D eigenvalue weighted by Crippen LogP contribution is 2.30. The molecule has 1 amide bonds. The van der Waals surface area contributed by atoms with Gasteiger partial charge in [0.05, 0.1) is 12.0 Å². The van der Waals surface area contributed by atoms with Gasteiger partial charge in [-0.2, -0.15) is 0 Å². The summed E-state index contributed by atoms with van der Waals surface area (Å²) in [5, 5.41) is 6.43. The number of ether oxygens (including phenoxy) is 2. The Morgan fingerprint density at radius 3 is 2.50 bits per heavy atom. The second-order valence-electron chi connectivity index (χ2n) is 7.97. The summed E-state index contributed by atoms with van der Waals surface area (Å²) in [6.45, 7) is 10.7. The first-order chi connectivity index (χ1) is 11.8. The lowest BCUT2D eigenvalue weighted by Gasteiger charge is -2.35. The van der Waals surface area contributed by atoms with Crippen molar-refractivity contribution in [1.29, 1.82) is 0 Å². The smallest absolute Gasteiger partial charge is 0.228 e. The molecule has 0 unspecified atom stereocenters. The highest BCUT2D eigenvalue weighted by atomic mass is 35.5. The van der Waals surface area contributed by atoms with Crippen molar-refractivity contribution >= 4 is 18.3 Å². The summed E-state index contributed by atoms with van der Waals surface area (Å²) in [6, 6.07) is 6.11. The minimum absolute atomic E-state index is 0. The first kappa shape index (κ1) is 22.7. The van der Waals surface area contributed by atoms with Crippen molar-refractivity contribution < 1.29 is 14.3 Å². The third-order valence-corrected chi connectivity index (χ3v) is 4.54. The van der Waals surface area contributed by atoms with E-state index in [-0.39, 0.29) is 23.9 Å². The van der Waals surface area contributed by atoms with Gasteiger partial charge in [0, 0.05) is 19.2 Å². The Labute approximate surface area is 163 Å². The molecule has 1 fully saturated rings. The number of halogens is 1. The number of methoxy groups -OCH3 is 1. The fraction of sp³-hybridized carbons (Fsp3) is 0.650. The summed E-state index contributed by atoms with van der Waals surface area (Å²) in [6.07, 6.45) is 1.60. The van der Waals surface area contributed by atoms with Crippen LogP contribution in [0.3, 0.4) is 0 Å². The molecule has 1 heterocycles. The van der Waals surface area contributed by atoms with Gasteiger partial charge in [0.2, 0.25) is 5.91 Å². The average Bonchev–Trinajstić information content (AvgIpc) is 2.53. The Morgan fingerprint density at radius 2 is 1.92 bits per heavy atom. The first-order valence-electron chi connectivity index (χ1n) is 9.02. The van der Waals surface area contributed by atoms with E-state index in [1.54, 1.807) is 7.11 Å². The molecule has 1 aromatic carbocycles. The predicted octanol–water partition coefficient (Wildman–Crippen LogP) is 3.23. The van der Waals surface area contributed by atoms with Gasteiger partial charge in [-0.05, 0) is 65.3 Å². The van der Waals surface area contributed by atoms with Crippen LogP contribution in [0.25, 0.3) is 0 Å². The summed E-state index contributed by atoms with van der Waals surface area (Å²) >= 11 is 0. The summed E-state index contributed by atoms with van der Waals surface area (Å²) in [4.78, 5) is 12.9. The molecular weight excluding hydrogens is 352 g/mol. The standard InChI is InChI=1S/C20H32N2O3.ClH/c1-15-6-7-16(17(12-15)25-19(2,3)4)13-22-18(23)20(14-24-5)8-10-21-11-9-20;/h6-7,12,21H,8-11,13-14H2,1-5H3,(H,22,23);1H. The predicted molar refractivity (Wildman–Crippen MR) is 107 cm³/mol. The molecule has 148 valence electrons. The lowest BCUT2D eigenvalue weighted by Crippen LogP contribution is -2.50. The first-order valence-corrected chi connectivity index (χ1v) is 9.02. The Bertz CT molecular complexity index is 588. The molecule has 0 aliphatic carbocycles. The number of hydrogen-bond acceptors (Lipinski definition) is 4. The van der Waals surface area contributed by atoms with Gasteiger partial charge in [-0.15, -0.1) is 12.4 Å². The number of piperidine rings is 1. The van der Waals surface area contributed by atoms with Gasteiger partial charge in [0.15, 0.2) is 0 Å². The average molecular weight is 385 g/mol. The van der Waals surface area contributed by atoms with Gasteiger partial charge < -0.3 is 20.1 Å². The molecule has 26 heavy (non-hydrogen) atoms. The molecule has 1 saturated heterocycles. The summed E-state index contributed by atoms with van der Waals surface area (Å²) < 4.78 is 11.4. The fourth-order valence-electron chi connectivity index (χ4n) is 3.21. The SMILES string of the molecule is COCC1(C(=O)NCc2ccc(C)cc2OC(C)(C)C)CCNCC1.Cl. The lowest BCUT2D eigenvalue weighted by atomic mass is 9.78. The molecule has 0 bridgehead atoms. The van der Waals surface area contributed by atoms with Crippen molar-refractivity contribution in [2.45, 2.75) is 52.7 Å². The van der Waals surface area contributed by atoms with Crippen LogP contribution in [-0.4, -0.2) is 38.3 Å². The molecule has 1 aliphatic heterocycles. The van der Waals surface area contributed by atoms with E-state index in [0.29, 0.717) is 13.2 Å². The molecule has 0 radical (unpaired) electrons. The molecule has 5 nitrogen and oxygen atoms in total. The molecule has 2 N–H and O–H groups in total. The van der Waals surface area contributed by atoms with Crippen LogP contribution in [0.4, 0.5) is 0 Å². The number of benzene rings is 1. The van der Waals surface area contributed by atoms with E-state index in [1.807, 2.05) is 45.9 Å². The number of carbonyl (C=O) groups is 1. The summed E-state index contributed by atoms with van der Waals surface area (Å²) in [7, 11) is 1.66. The van der Waals surface area contributed by atoms with Gasteiger partial charge in [-0.25, -0.2) is 0 Å². The molecule has 0 spiro atoms. The topological polar surface area (TPSA) is 59.6 Å². The monoisotopic (exact) mass is 384 g/mol. The van der Waals surface area contributed by atoms with E-state index in [0.717, 1.165) is 42.8 Å². The third kappa shape index (κ3) is 6.15. The van der Waals surface area contributed by atoms with E-state index in [4.69, 9.17) is 9.47 Å². The quantitative estimate of drug-likeness (QED) is 0.790. The van der Waals surface area contributed by atoms with E-state index in [9.17, 15) is 4.79 Å². The van der Waals surface area contributed by atoms with Crippen molar-refractivity contribution in [3.8, 4) is 5.75 Å². The highest BCUT2D eigenvalue weighted by molar-refractivity contribution is 5.85. The van der Waals surface area contributed by atoms with Crippen LogP contribution >= 0.6 is 12.4 Å². The van der Waals surface area contributed by atoms with Crippen LogP contribution in [0.1, 0.15) is 44.7 Å². The lowest BCUT2D eigenvalue weighted by molar-refractivity contribution is -0.136. The molecule has 2 rings (SSSR count). The number of amides is 1. The van der Waals surface area contributed by atoms with Crippen LogP contribution in [0.2, 0.25) is 0 Å². The largest absolute Gasteiger partial charge is 0.488 e. The van der Waals surface area contributed by atoms with Gasteiger partial charge >= 0.3 is 0 Å². The number of nitrogens with one attached hydrogen (secondary N) is 2. The molecule has 0 saturated carbocycles. The van der Waals surface area contributed by atoms with Gasteiger partial charge in [-0.1, -0.05) is 12.1 Å². The Balaban J connectivity index is 0.00000338. The Kier molecular flexibility index (Phi) is 8.38. The maximum Gasteiger partial charge on any atom is 0.228 e. The zero-order valence-corrected chi connectivity index (χ0v) is 17.4. The molecule has 1 aliphatic rings. The van der Waals surface area contributed by atoms with E-state index in [1.165, 1.54) is 0 Å².